The second-order valence-corrected chi connectivity index (χ2v) is 10.9. The largest absolute Gasteiger partial charge is 0.464 e. The molecule has 0 aromatic heterocycles. The Morgan fingerprint density at radius 3 is 2.49 bits per heavy atom. The van der Waals surface area contributed by atoms with Crippen LogP contribution < -0.4 is 10.6 Å². The first-order valence-corrected chi connectivity index (χ1v) is 13.4. The molecule has 0 bridgehead atoms. The predicted octanol–water partition coefficient (Wildman–Crippen LogP) is 1.53. The maximum Gasteiger partial charge on any atom is 0.328 e. The van der Waals surface area contributed by atoms with Crippen molar-refractivity contribution in [2.75, 3.05) is 19.7 Å². The topological polar surface area (TPSA) is 134 Å². The van der Waals surface area contributed by atoms with Crippen molar-refractivity contribution in [2.45, 2.75) is 69.9 Å². The third-order valence-corrected chi connectivity index (χ3v) is 7.45. The van der Waals surface area contributed by atoms with Gasteiger partial charge in [-0.05, 0) is 50.7 Å². The van der Waals surface area contributed by atoms with Gasteiger partial charge in [-0.3, -0.25) is 9.59 Å². The van der Waals surface area contributed by atoms with Crippen LogP contribution in [-0.2, 0) is 29.1 Å². The summed E-state index contributed by atoms with van der Waals surface area (Å²) in [7, 11) is -3.99. The monoisotopic (exact) mass is 506 g/mol. The molecule has 0 saturated carbocycles. The second-order valence-electron chi connectivity index (χ2n) is 9.28. The summed E-state index contributed by atoms with van der Waals surface area (Å²) in [5, 5.41) is 5.25. The highest BCUT2D eigenvalue weighted by Gasteiger charge is 2.34. The summed E-state index contributed by atoms with van der Waals surface area (Å²) in [6.45, 7) is 5.78. The molecule has 192 valence electrons. The number of rotatable bonds is 3. The molecule has 0 radical (unpaired) electrons. The van der Waals surface area contributed by atoms with Gasteiger partial charge >= 0.3 is 5.97 Å². The van der Waals surface area contributed by atoms with Gasteiger partial charge in [-0.25, -0.2) is 4.79 Å². The van der Waals surface area contributed by atoms with E-state index in [4.69, 9.17) is 4.74 Å². The molecule has 0 unspecified atom stereocenters. The number of amides is 2. The first-order chi connectivity index (χ1) is 16.6. The van der Waals surface area contributed by atoms with E-state index in [1.165, 1.54) is 12.1 Å². The van der Waals surface area contributed by atoms with E-state index in [0.29, 0.717) is 44.5 Å². The van der Waals surface area contributed by atoms with Gasteiger partial charge in [0.1, 0.15) is 17.9 Å². The van der Waals surface area contributed by atoms with Crippen LogP contribution >= 0.6 is 0 Å². The lowest BCUT2D eigenvalue weighted by Gasteiger charge is -2.27. The molecule has 1 aromatic rings. The molecule has 2 heterocycles. The molecule has 0 spiro atoms. The average molecular weight is 507 g/mol. The maximum atomic E-state index is 13.1. The van der Waals surface area contributed by atoms with Crippen LogP contribution in [0.25, 0.3) is 0 Å². The lowest BCUT2D eigenvalue weighted by molar-refractivity contribution is -0.149. The number of amidine groups is 1. The first kappa shape index (κ1) is 26.7. The highest BCUT2D eigenvalue weighted by molar-refractivity contribution is 7.90. The maximum absolute atomic E-state index is 13.1. The van der Waals surface area contributed by atoms with Crippen molar-refractivity contribution < 1.29 is 27.5 Å². The van der Waals surface area contributed by atoms with E-state index in [9.17, 15) is 22.8 Å². The fourth-order valence-corrected chi connectivity index (χ4v) is 5.21. The van der Waals surface area contributed by atoms with Gasteiger partial charge in [0.05, 0.1) is 18.0 Å². The molecule has 2 N–H and O–H groups in total. The van der Waals surface area contributed by atoms with Crippen molar-refractivity contribution in [3.63, 3.8) is 0 Å². The Hall–Kier alpha value is -2.95. The standard InChI is InChI=1S/C24H34N4O6S/c1-16(2)22-24(31)34-14-5-4-8-20(27-35(32,33)18-11-9-17(3)10-12-18)28-13-6-7-19(28)23(30)25-15-21(29)26-22/h9-12,16,19,22H,4-8,13-15H2,1-3H3,(H,25,30)(H,26,29)/b27-20+/t19-,22-/m0/s1. The third kappa shape index (κ3) is 7.03. The zero-order valence-electron chi connectivity index (χ0n) is 20.5. The number of fused-ring (bicyclic) bond motifs is 1. The van der Waals surface area contributed by atoms with Gasteiger partial charge in [0, 0.05) is 13.0 Å². The zero-order chi connectivity index (χ0) is 25.6. The van der Waals surface area contributed by atoms with Gasteiger partial charge < -0.3 is 20.3 Å². The Balaban J connectivity index is 1.88. The molecule has 1 aromatic carbocycles. The van der Waals surface area contributed by atoms with Gasteiger partial charge in [0.15, 0.2) is 0 Å². The normalized spacial score (nSPS) is 24.3. The predicted molar refractivity (Wildman–Crippen MR) is 130 cm³/mol. The number of cyclic esters (lactones) is 1. The Morgan fingerprint density at radius 2 is 1.80 bits per heavy atom. The highest BCUT2D eigenvalue weighted by Crippen LogP contribution is 2.23. The van der Waals surface area contributed by atoms with Crippen LogP contribution in [0.15, 0.2) is 33.6 Å². The van der Waals surface area contributed by atoms with E-state index in [1.54, 1.807) is 30.9 Å². The molecule has 2 amide bonds. The summed E-state index contributed by atoms with van der Waals surface area (Å²) in [5.74, 6) is -1.30. The molecule has 35 heavy (non-hydrogen) atoms. The summed E-state index contributed by atoms with van der Waals surface area (Å²) in [6, 6.07) is 5.00. The van der Waals surface area contributed by atoms with Gasteiger partial charge in [-0.2, -0.15) is 8.42 Å². The van der Waals surface area contributed by atoms with E-state index >= 15 is 0 Å². The van der Waals surface area contributed by atoms with E-state index in [0.717, 1.165) is 5.56 Å². The van der Waals surface area contributed by atoms with E-state index in [-0.39, 0.29) is 29.9 Å². The number of nitrogens with one attached hydrogen (secondary N) is 2. The van der Waals surface area contributed by atoms with E-state index < -0.39 is 34.0 Å². The Labute approximate surface area is 206 Å². The van der Waals surface area contributed by atoms with Gasteiger partial charge in [0.25, 0.3) is 10.0 Å². The average Bonchev–Trinajstić information content (AvgIpc) is 3.29. The fraction of sp³-hybridized carbons (Fsp3) is 0.583. The van der Waals surface area contributed by atoms with Crippen LogP contribution in [0.3, 0.4) is 0 Å². The van der Waals surface area contributed by atoms with Crippen molar-refractivity contribution in [1.82, 2.24) is 15.5 Å². The SMILES string of the molecule is Cc1ccc(S(=O)(=O)/N=C2\CCCCOC(=O)[C@H](C(C)C)NC(=O)CNC(=O)[C@@H]3CCCN23)cc1. The summed E-state index contributed by atoms with van der Waals surface area (Å²) < 4.78 is 35.6. The molecular formula is C24H34N4O6S. The summed E-state index contributed by atoms with van der Waals surface area (Å²) in [5.41, 5.74) is 0.931. The van der Waals surface area contributed by atoms with E-state index in [1.807, 2.05) is 6.92 Å². The van der Waals surface area contributed by atoms with Crippen LogP contribution in [0, 0.1) is 12.8 Å². The number of aryl methyl sites for hydroxylation is 1. The summed E-state index contributed by atoms with van der Waals surface area (Å²) in [4.78, 5) is 39.6. The summed E-state index contributed by atoms with van der Waals surface area (Å²) >= 11 is 0. The number of ether oxygens (including phenoxy) is 1. The number of carbonyl (C=O) groups is 3. The Kier molecular flexibility index (Phi) is 8.87. The van der Waals surface area contributed by atoms with Gasteiger partial charge in [0.2, 0.25) is 11.8 Å². The lowest BCUT2D eigenvalue weighted by atomic mass is 10.0. The molecule has 3 rings (SSSR count). The number of esters is 1. The van der Waals surface area contributed by atoms with Crippen LogP contribution in [-0.4, -0.2) is 68.7 Å². The Bertz CT molecular complexity index is 1070. The first-order valence-electron chi connectivity index (χ1n) is 12.0. The second kappa shape index (κ2) is 11.7. The number of benzene rings is 1. The number of carbonyl (C=O) groups excluding carboxylic acids is 3. The molecule has 2 aliphatic rings. The molecule has 2 aliphatic heterocycles. The minimum absolute atomic E-state index is 0.0806. The van der Waals surface area contributed by atoms with Crippen molar-refractivity contribution in [3.8, 4) is 0 Å². The number of nitrogens with zero attached hydrogens (tertiary/aromatic N) is 2. The van der Waals surface area contributed by atoms with Crippen LogP contribution in [0.2, 0.25) is 0 Å². The van der Waals surface area contributed by atoms with Crippen molar-refractivity contribution in [2.24, 2.45) is 10.3 Å². The number of hydrogen-bond donors (Lipinski definition) is 2. The van der Waals surface area contributed by atoms with Gasteiger partial charge in [-0.15, -0.1) is 4.40 Å². The lowest BCUT2D eigenvalue weighted by Crippen LogP contribution is -2.51. The molecule has 2 fully saturated rings. The van der Waals surface area contributed by atoms with Crippen LogP contribution in [0.4, 0.5) is 0 Å². The van der Waals surface area contributed by atoms with E-state index in [2.05, 4.69) is 15.0 Å². The smallest absolute Gasteiger partial charge is 0.328 e. The molecule has 11 heteroatoms. The molecule has 2 saturated heterocycles. The van der Waals surface area contributed by atoms with Gasteiger partial charge in [-0.1, -0.05) is 31.5 Å². The molecular weight excluding hydrogens is 472 g/mol. The molecule has 10 nitrogen and oxygen atoms in total. The van der Waals surface area contributed by atoms with Crippen molar-refractivity contribution in [3.05, 3.63) is 29.8 Å². The minimum atomic E-state index is -3.99. The summed E-state index contributed by atoms with van der Waals surface area (Å²) in [6.07, 6.45) is 2.52. The zero-order valence-corrected chi connectivity index (χ0v) is 21.3. The molecule has 0 aliphatic carbocycles. The highest BCUT2D eigenvalue weighted by atomic mass is 32.2. The fourth-order valence-electron chi connectivity index (χ4n) is 4.15. The van der Waals surface area contributed by atoms with Crippen LogP contribution in [0.1, 0.15) is 51.5 Å². The Morgan fingerprint density at radius 1 is 1.09 bits per heavy atom. The van der Waals surface area contributed by atoms with Crippen molar-refractivity contribution >= 4 is 33.6 Å². The molecule has 2 atom stereocenters. The number of hydrogen-bond acceptors (Lipinski definition) is 6. The van der Waals surface area contributed by atoms with Crippen LogP contribution in [0.5, 0.6) is 0 Å². The van der Waals surface area contributed by atoms with Crippen molar-refractivity contribution in [1.29, 1.82) is 0 Å². The quantitative estimate of drug-likeness (QED) is 0.594. The minimum Gasteiger partial charge on any atom is -0.464 e. The number of sulfonamides is 1. The third-order valence-electron chi connectivity index (χ3n) is 6.13.